The molecule has 0 aliphatic carbocycles. The smallest absolute Gasteiger partial charge is 0.251 e. The van der Waals surface area contributed by atoms with Crippen LogP contribution >= 0.6 is 0 Å². The third kappa shape index (κ3) is 5.94. The largest absolute Gasteiger partial charge is 0.349 e. The first-order chi connectivity index (χ1) is 14.2. The lowest BCUT2D eigenvalue weighted by Crippen LogP contribution is -2.46. The van der Waals surface area contributed by atoms with Crippen LogP contribution in [0, 0.1) is 6.92 Å². The van der Waals surface area contributed by atoms with Gasteiger partial charge in [0.25, 0.3) is 5.91 Å². The van der Waals surface area contributed by atoms with Crippen molar-refractivity contribution in [2.75, 3.05) is 13.1 Å². The molecular formula is C26H34N2O2. The van der Waals surface area contributed by atoms with E-state index in [1.54, 1.807) is 0 Å². The summed E-state index contributed by atoms with van der Waals surface area (Å²) >= 11 is 0. The molecule has 0 unspecified atom stereocenters. The van der Waals surface area contributed by atoms with E-state index in [9.17, 15) is 9.59 Å². The highest BCUT2D eigenvalue weighted by Crippen LogP contribution is 2.22. The summed E-state index contributed by atoms with van der Waals surface area (Å²) in [6.07, 6.45) is 2.94. The monoisotopic (exact) mass is 406 g/mol. The Labute approximate surface area is 180 Å². The van der Waals surface area contributed by atoms with E-state index in [0.29, 0.717) is 25.1 Å². The number of nitrogens with one attached hydrogen (secondary N) is 1. The lowest BCUT2D eigenvalue weighted by Gasteiger charge is -2.32. The zero-order chi connectivity index (χ0) is 21.7. The van der Waals surface area contributed by atoms with E-state index in [4.69, 9.17) is 0 Å². The zero-order valence-corrected chi connectivity index (χ0v) is 18.7. The maximum Gasteiger partial charge on any atom is 0.251 e. The van der Waals surface area contributed by atoms with Gasteiger partial charge >= 0.3 is 0 Å². The third-order valence-corrected chi connectivity index (χ3v) is 5.94. The molecule has 1 saturated heterocycles. The summed E-state index contributed by atoms with van der Waals surface area (Å²) in [5.41, 5.74) is 4.43. The number of nitrogens with zero attached hydrogens (tertiary/aromatic N) is 1. The van der Waals surface area contributed by atoms with Gasteiger partial charge < -0.3 is 10.2 Å². The minimum atomic E-state index is -0.0281. The Kier molecular flexibility index (Phi) is 6.96. The number of carbonyl (C=O) groups is 2. The van der Waals surface area contributed by atoms with Crippen molar-refractivity contribution >= 4 is 11.8 Å². The third-order valence-electron chi connectivity index (χ3n) is 5.94. The second-order valence-electron chi connectivity index (χ2n) is 9.44. The van der Waals surface area contributed by atoms with Gasteiger partial charge in [-0.3, -0.25) is 9.59 Å². The number of likely N-dealkylation sites (tertiary alicyclic amines) is 1. The van der Waals surface area contributed by atoms with Crippen LogP contribution in [0.4, 0.5) is 0 Å². The summed E-state index contributed by atoms with van der Waals surface area (Å²) in [4.78, 5) is 27.1. The van der Waals surface area contributed by atoms with Gasteiger partial charge in [0.15, 0.2) is 0 Å². The topological polar surface area (TPSA) is 49.4 Å². The van der Waals surface area contributed by atoms with Crippen molar-refractivity contribution in [3.63, 3.8) is 0 Å². The number of carbonyl (C=O) groups excluding carboxylic acids is 2. The molecule has 0 saturated carbocycles. The Balaban J connectivity index is 1.44. The highest BCUT2D eigenvalue weighted by molar-refractivity contribution is 5.94. The number of hydrogen-bond donors (Lipinski definition) is 1. The Morgan fingerprint density at radius 3 is 2.13 bits per heavy atom. The quantitative estimate of drug-likeness (QED) is 0.786. The molecule has 0 bridgehead atoms. The van der Waals surface area contributed by atoms with Crippen molar-refractivity contribution in [2.45, 2.75) is 64.8 Å². The second-order valence-corrected chi connectivity index (χ2v) is 9.44. The van der Waals surface area contributed by atoms with E-state index in [0.717, 1.165) is 19.3 Å². The number of rotatable bonds is 5. The molecular weight excluding hydrogens is 372 g/mol. The number of amides is 2. The Morgan fingerprint density at radius 1 is 0.967 bits per heavy atom. The lowest BCUT2D eigenvalue weighted by molar-refractivity contribution is -0.132. The molecule has 4 nitrogen and oxygen atoms in total. The molecule has 0 radical (unpaired) electrons. The van der Waals surface area contributed by atoms with Crippen LogP contribution < -0.4 is 5.32 Å². The van der Waals surface area contributed by atoms with Gasteiger partial charge in [-0.15, -0.1) is 0 Å². The predicted octanol–water partition coefficient (Wildman–Crippen LogP) is 4.65. The van der Waals surface area contributed by atoms with Gasteiger partial charge in [-0.2, -0.15) is 0 Å². The normalized spacial score (nSPS) is 15.1. The van der Waals surface area contributed by atoms with Crippen LogP contribution in [0.25, 0.3) is 0 Å². The van der Waals surface area contributed by atoms with Crippen molar-refractivity contribution in [1.82, 2.24) is 10.2 Å². The molecule has 4 heteroatoms. The van der Waals surface area contributed by atoms with Crippen molar-refractivity contribution in [1.29, 1.82) is 0 Å². The van der Waals surface area contributed by atoms with E-state index in [2.05, 4.69) is 57.3 Å². The van der Waals surface area contributed by atoms with Gasteiger partial charge in [-0.05, 0) is 54.9 Å². The standard InChI is InChI=1S/C26H34N2O2/c1-19-5-7-20(8-6-19)9-14-24(29)28-17-15-23(16-18-28)27-25(30)21-10-12-22(13-11-21)26(2,3)4/h5-8,10-13,23H,9,14-18H2,1-4H3,(H,27,30). The predicted molar refractivity (Wildman–Crippen MR) is 122 cm³/mol. The summed E-state index contributed by atoms with van der Waals surface area (Å²) in [7, 11) is 0. The van der Waals surface area contributed by atoms with Gasteiger partial charge in [0, 0.05) is 31.1 Å². The summed E-state index contributed by atoms with van der Waals surface area (Å²) in [5, 5.41) is 3.14. The fourth-order valence-corrected chi connectivity index (χ4v) is 3.83. The highest BCUT2D eigenvalue weighted by atomic mass is 16.2. The maximum atomic E-state index is 12.6. The molecule has 0 atom stereocenters. The molecule has 3 rings (SSSR count). The number of piperidine rings is 1. The van der Waals surface area contributed by atoms with E-state index in [1.807, 2.05) is 29.2 Å². The van der Waals surface area contributed by atoms with Crippen LogP contribution in [0.3, 0.4) is 0 Å². The molecule has 1 heterocycles. The highest BCUT2D eigenvalue weighted by Gasteiger charge is 2.24. The Bertz CT molecular complexity index is 855. The van der Waals surface area contributed by atoms with Crippen LogP contribution in [0.15, 0.2) is 48.5 Å². The fraction of sp³-hybridized carbons (Fsp3) is 0.462. The molecule has 1 aliphatic rings. The van der Waals surface area contributed by atoms with Crippen molar-refractivity contribution in [3.8, 4) is 0 Å². The average molecular weight is 407 g/mol. The SMILES string of the molecule is Cc1ccc(CCC(=O)N2CCC(NC(=O)c3ccc(C(C)(C)C)cc3)CC2)cc1. The molecule has 0 spiro atoms. The van der Waals surface area contributed by atoms with Crippen LogP contribution in [-0.2, 0) is 16.6 Å². The van der Waals surface area contributed by atoms with Crippen LogP contribution in [0.5, 0.6) is 0 Å². The number of aryl methyl sites for hydroxylation is 2. The molecule has 2 amide bonds. The van der Waals surface area contributed by atoms with Gasteiger partial charge in [0.2, 0.25) is 5.91 Å². The minimum absolute atomic E-state index is 0.0281. The van der Waals surface area contributed by atoms with Gasteiger partial charge in [-0.1, -0.05) is 62.7 Å². The first kappa shape index (κ1) is 22.1. The Hall–Kier alpha value is -2.62. The summed E-state index contributed by atoms with van der Waals surface area (Å²) in [6.45, 7) is 9.98. The second kappa shape index (κ2) is 9.46. The van der Waals surface area contributed by atoms with E-state index in [1.165, 1.54) is 16.7 Å². The van der Waals surface area contributed by atoms with Gasteiger partial charge in [0.05, 0.1) is 0 Å². The molecule has 0 aromatic heterocycles. The zero-order valence-electron chi connectivity index (χ0n) is 18.7. The van der Waals surface area contributed by atoms with E-state index >= 15 is 0 Å². The molecule has 1 fully saturated rings. The van der Waals surface area contributed by atoms with Gasteiger partial charge in [-0.25, -0.2) is 0 Å². The fourth-order valence-electron chi connectivity index (χ4n) is 3.83. The summed E-state index contributed by atoms with van der Waals surface area (Å²) < 4.78 is 0. The minimum Gasteiger partial charge on any atom is -0.349 e. The van der Waals surface area contributed by atoms with E-state index in [-0.39, 0.29) is 23.3 Å². The molecule has 30 heavy (non-hydrogen) atoms. The molecule has 1 aliphatic heterocycles. The Morgan fingerprint density at radius 2 is 1.57 bits per heavy atom. The number of hydrogen-bond acceptors (Lipinski definition) is 2. The van der Waals surface area contributed by atoms with Gasteiger partial charge in [0.1, 0.15) is 0 Å². The van der Waals surface area contributed by atoms with Crippen molar-refractivity contribution in [3.05, 3.63) is 70.8 Å². The summed E-state index contributed by atoms with van der Waals surface area (Å²) in [6, 6.07) is 16.4. The van der Waals surface area contributed by atoms with Crippen molar-refractivity contribution < 1.29 is 9.59 Å². The summed E-state index contributed by atoms with van der Waals surface area (Å²) in [5.74, 6) is 0.178. The number of benzene rings is 2. The first-order valence-corrected chi connectivity index (χ1v) is 11.0. The van der Waals surface area contributed by atoms with Crippen LogP contribution in [0.2, 0.25) is 0 Å². The molecule has 2 aromatic rings. The molecule has 1 N–H and O–H groups in total. The van der Waals surface area contributed by atoms with Crippen LogP contribution in [0.1, 0.15) is 67.1 Å². The molecule has 160 valence electrons. The lowest BCUT2D eigenvalue weighted by atomic mass is 9.86. The average Bonchev–Trinajstić information content (AvgIpc) is 2.73. The van der Waals surface area contributed by atoms with Crippen molar-refractivity contribution in [2.24, 2.45) is 0 Å². The van der Waals surface area contributed by atoms with E-state index < -0.39 is 0 Å². The van der Waals surface area contributed by atoms with Crippen LogP contribution in [-0.4, -0.2) is 35.8 Å². The maximum absolute atomic E-state index is 12.6. The molecule has 2 aromatic carbocycles. The first-order valence-electron chi connectivity index (χ1n) is 11.0.